The van der Waals surface area contributed by atoms with Gasteiger partial charge in [-0.1, -0.05) is 62.4 Å². The highest BCUT2D eigenvalue weighted by Gasteiger charge is 2.16. The molecule has 2 unspecified atom stereocenters. The quantitative estimate of drug-likeness (QED) is 0.671. The van der Waals surface area contributed by atoms with Crippen LogP contribution in [-0.4, -0.2) is 12.6 Å². The second-order valence-electron chi connectivity index (χ2n) is 5.48. The second kappa shape index (κ2) is 9.11. The SMILES string of the molecule is CCCCCCCOC(c1cccc(C)c1)C(C)N. The van der Waals surface area contributed by atoms with Crippen molar-refractivity contribution < 1.29 is 4.74 Å². The number of hydrogen-bond acceptors (Lipinski definition) is 2. The van der Waals surface area contributed by atoms with E-state index in [1.165, 1.54) is 36.8 Å². The van der Waals surface area contributed by atoms with E-state index in [9.17, 15) is 0 Å². The van der Waals surface area contributed by atoms with Crippen molar-refractivity contribution >= 4 is 0 Å². The van der Waals surface area contributed by atoms with Crippen LogP contribution in [0.4, 0.5) is 0 Å². The number of aryl methyl sites for hydroxylation is 1. The zero-order chi connectivity index (χ0) is 14.1. The van der Waals surface area contributed by atoms with E-state index in [1.807, 2.05) is 6.92 Å². The lowest BCUT2D eigenvalue weighted by Gasteiger charge is -2.22. The molecular weight excluding hydrogens is 234 g/mol. The molecule has 0 aliphatic rings. The average Bonchev–Trinajstić information content (AvgIpc) is 2.37. The van der Waals surface area contributed by atoms with Gasteiger partial charge in [0.25, 0.3) is 0 Å². The van der Waals surface area contributed by atoms with Crippen LogP contribution in [0, 0.1) is 6.92 Å². The number of ether oxygens (including phenoxy) is 1. The summed E-state index contributed by atoms with van der Waals surface area (Å²) in [5.41, 5.74) is 8.51. The van der Waals surface area contributed by atoms with Gasteiger partial charge < -0.3 is 10.5 Å². The standard InChI is InChI=1S/C17H29NO/c1-4-5-6-7-8-12-19-17(15(3)18)16-11-9-10-14(2)13-16/h9-11,13,15,17H,4-8,12,18H2,1-3H3. The van der Waals surface area contributed by atoms with Gasteiger partial charge in [0.15, 0.2) is 0 Å². The topological polar surface area (TPSA) is 35.2 Å². The molecule has 1 aromatic rings. The Kier molecular flexibility index (Phi) is 7.76. The minimum atomic E-state index is 0.0195. The first-order valence-corrected chi connectivity index (χ1v) is 7.59. The fourth-order valence-electron chi connectivity index (χ4n) is 2.31. The van der Waals surface area contributed by atoms with E-state index >= 15 is 0 Å². The van der Waals surface area contributed by atoms with Crippen LogP contribution in [0.25, 0.3) is 0 Å². The van der Waals surface area contributed by atoms with Gasteiger partial charge in [-0.15, -0.1) is 0 Å². The van der Waals surface area contributed by atoms with Crippen LogP contribution in [0.5, 0.6) is 0 Å². The van der Waals surface area contributed by atoms with E-state index in [-0.39, 0.29) is 12.1 Å². The lowest BCUT2D eigenvalue weighted by Crippen LogP contribution is -2.27. The zero-order valence-electron chi connectivity index (χ0n) is 12.7. The molecule has 2 heteroatoms. The Hall–Kier alpha value is -0.860. The Balaban J connectivity index is 2.41. The Labute approximate surface area is 118 Å². The maximum atomic E-state index is 6.06. The van der Waals surface area contributed by atoms with Gasteiger partial charge in [-0.2, -0.15) is 0 Å². The van der Waals surface area contributed by atoms with E-state index in [1.54, 1.807) is 0 Å². The molecule has 0 saturated carbocycles. The fourth-order valence-corrected chi connectivity index (χ4v) is 2.31. The third-order valence-electron chi connectivity index (χ3n) is 3.39. The second-order valence-corrected chi connectivity index (χ2v) is 5.48. The van der Waals surface area contributed by atoms with Gasteiger partial charge in [-0.25, -0.2) is 0 Å². The molecule has 1 rings (SSSR count). The molecule has 0 saturated heterocycles. The van der Waals surface area contributed by atoms with Crippen molar-refractivity contribution in [3.05, 3.63) is 35.4 Å². The molecular formula is C17H29NO. The zero-order valence-corrected chi connectivity index (χ0v) is 12.7. The molecule has 0 aromatic heterocycles. The highest BCUT2D eigenvalue weighted by Crippen LogP contribution is 2.21. The Bertz CT molecular complexity index is 349. The Morgan fingerprint density at radius 2 is 1.89 bits per heavy atom. The van der Waals surface area contributed by atoms with Crippen molar-refractivity contribution in [2.45, 2.75) is 65.0 Å². The van der Waals surface area contributed by atoms with Crippen molar-refractivity contribution in [3.8, 4) is 0 Å². The number of rotatable bonds is 9. The van der Waals surface area contributed by atoms with Crippen LogP contribution < -0.4 is 5.73 Å². The summed E-state index contributed by atoms with van der Waals surface area (Å²) in [4.78, 5) is 0. The molecule has 2 nitrogen and oxygen atoms in total. The number of nitrogens with two attached hydrogens (primary N) is 1. The maximum Gasteiger partial charge on any atom is 0.0973 e. The number of benzene rings is 1. The molecule has 19 heavy (non-hydrogen) atoms. The summed E-state index contributed by atoms with van der Waals surface area (Å²) in [6.45, 7) is 7.17. The van der Waals surface area contributed by atoms with E-state index in [2.05, 4.69) is 38.1 Å². The van der Waals surface area contributed by atoms with Gasteiger partial charge >= 0.3 is 0 Å². The number of hydrogen-bond donors (Lipinski definition) is 1. The summed E-state index contributed by atoms with van der Waals surface area (Å²) in [7, 11) is 0. The van der Waals surface area contributed by atoms with E-state index in [4.69, 9.17) is 10.5 Å². The average molecular weight is 263 g/mol. The molecule has 0 bridgehead atoms. The lowest BCUT2D eigenvalue weighted by molar-refractivity contribution is 0.0358. The monoisotopic (exact) mass is 263 g/mol. The molecule has 0 heterocycles. The van der Waals surface area contributed by atoms with Crippen molar-refractivity contribution in [1.29, 1.82) is 0 Å². The van der Waals surface area contributed by atoms with Crippen LogP contribution >= 0.6 is 0 Å². The predicted molar refractivity (Wildman–Crippen MR) is 82.3 cm³/mol. The van der Waals surface area contributed by atoms with E-state index < -0.39 is 0 Å². The molecule has 0 aliphatic heterocycles. The van der Waals surface area contributed by atoms with Gasteiger partial charge in [0.2, 0.25) is 0 Å². The van der Waals surface area contributed by atoms with Gasteiger partial charge in [0, 0.05) is 12.6 Å². The molecule has 1 aromatic carbocycles. The molecule has 0 spiro atoms. The minimum Gasteiger partial charge on any atom is -0.372 e. The highest BCUT2D eigenvalue weighted by atomic mass is 16.5. The summed E-state index contributed by atoms with van der Waals surface area (Å²) in [6.07, 6.45) is 6.34. The summed E-state index contributed by atoms with van der Waals surface area (Å²) < 4.78 is 6.00. The van der Waals surface area contributed by atoms with Crippen molar-refractivity contribution in [1.82, 2.24) is 0 Å². The van der Waals surface area contributed by atoms with Gasteiger partial charge in [-0.05, 0) is 25.8 Å². The van der Waals surface area contributed by atoms with Gasteiger partial charge in [0.05, 0.1) is 6.10 Å². The molecule has 2 atom stereocenters. The van der Waals surface area contributed by atoms with Crippen LogP contribution in [0.1, 0.15) is 63.2 Å². The molecule has 0 fully saturated rings. The van der Waals surface area contributed by atoms with Crippen molar-refractivity contribution in [3.63, 3.8) is 0 Å². The van der Waals surface area contributed by atoms with Crippen molar-refractivity contribution in [2.75, 3.05) is 6.61 Å². The summed E-state index contributed by atoms with van der Waals surface area (Å²) >= 11 is 0. The lowest BCUT2D eigenvalue weighted by atomic mass is 10.0. The Morgan fingerprint density at radius 1 is 1.16 bits per heavy atom. The smallest absolute Gasteiger partial charge is 0.0973 e. The highest BCUT2D eigenvalue weighted by molar-refractivity contribution is 5.25. The van der Waals surface area contributed by atoms with Crippen LogP contribution in [0.15, 0.2) is 24.3 Å². The molecule has 0 aliphatic carbocycles. The number of unbranched alkanes of at least 4 members (excludes halogenated alkanes) is 4. The first-order valence-electron chi connectivity index (χ1n) is 7.59. The minimum absolute atomic E-state index is 0.0195. The van der Waals surface area contributed by atoms with Crippen molar-refractivity contribution in [2.24, 2.45) is 5.73 Å². The van der Waals surface area contributed by atoms with Crippen LogP contribution in [0.3, 0.4) is 0 Å². The molecule has 0 radical (unpaired) electrons. The normalized spacial score (nSPS) is 14.3. The van der Waals surface area contributed by atoms with Gasteiger partial charge in [-0.3, -0.25) is 0 Å². The molecule has 108 valence electrons. The largest absolute Gasteiger partial charge is 0.372 e. The Morgan fingerprint density at radius 3 is 2.53 bits per heavy atom. The third-order valence-corrected chi connectivity index (χ3v) is 3.39. The summed E-state index contributed by atoms with van der Waals surface area (Å²) in [5.74, 6) is 0. The first-order chi connectivity index (χ1) is 9.15. The molecule has 2 N–H and O–H groups in total. The first kappa shape index (κ1) is 16.2. The van der Waals surface area contributed by atoms with Crippen LogP contribution in [0.2, 0.25) is 0 Å². The summed E-state index contributed by atoms with van der Waals surface area (Å²) in [6, 6.07) is 8.48. The maximum absolute atomic E-state index is 6.06. The van der Waals surface area contributed by atoms with E-state index in [0.717, 1.165) is 13.0 Å². The summed E-state index contributed by atoms with van der Waals surface area (Å²) in [5, 5.41) is 0. The van der Waals surface area contributed by atoms with Gasteiger partial charge in [0.1, 0.15) is 0 Å². The third kappa shape index (κ3) is 6.22. The predicted octanol–water partition coefficient (Wildman–Crippen LogP) is 4.37. The van der Waals surface area contributed by atoms with Crippen LogP contribution in [-0.2, 0) is 4.74 Å². The molecule has 0 amide bonds. The fraction of sp³-hybridized carbons (Fsp3) is 0.647. The van der Waals surface area contributed by atoms with E-state index in [0.29, 0.717) is 0 Å².